The van der Waals surface area contributed by atoms with Gasteiger partial charge in [-0.05, 0) is 44.9 Å². The molecule has 132 valence electrons. The van der Waals surface area contributed by atoms with Crippen molar-refractivity contribution in [3.63, 3.8) is 0 Å². The van der Waals surface area contributed by atoms with Gasteiger partial charge in [0.25, 0.3) is 5.91 Å². The second kappa shape index (κ2) is 6.80. The number of rotatable bonds is 3. The van der Waals surface area contributed by atoms with Crippen LogP contribution in [-0.4, -0.2) is 52.5 Å². The number of aromatic nitrogens is 1. The van der Waals surface area contributed by atoms with Gasteiger partial charge in [-0.25, -0.2) is 0 Å². The molecule has 1 fully saturated rings. The number of amides is 2. The lowest BCUT2D eigenvalue weighted by Crippen LogP contribution is -2.57. The lowest BCUT2D eigenvalue weighted by Gasteiger charge is -2.35. The van der Waals surface area contributed by atoms with Crippen molar-refractivity contribution in [1.29, 1.82) is 0 Å². The Balaban J connectivity index is 2.14. The molecule has 0 spiro atoms. The zero-order valence-electron chi connectivity index (χ0n) is 14.8. The highest BCUT2D eigenvalue weighted by Crippen LogP contribution is 2.26. The number of nitrogens with zero attached hydrogens (tertiary/aromatic N) is 2. The number of carbonyl (C=O) groups excluding carboxylic acids is 2. The van der Waals surface area contributed by atoms with Crippen LogP contribution in [0.15, 0.2) is 18.2 Å². The molecule has 0 radical (unpaired) electrons. The molecule has 2 N–H and O–H groups in total. The van der Waals surface area contributed by atoms with Crippen molar-refractivity contribution in [2.24, 2.45) is 0 Å². The van der Waals surface area contributed by atoms with Gasteiger partial charge >= 0.3 is 0 Å². The maximum absolute atomic E-state index is 13.4. The fourth-order valence-electron chi connectivity index (χ4n) is 3.38. The molecule has 1 unspecified atom stereocenters. The van der Waals surface area contributed by atoms with E-state index in [1.807, 2.05) is 39.0 Å². The molecule has 1 aromatic carbocycles. The van der Waals surface area contributed by atoms with E-state index < -0.39 is 6.04 Å². The first-order valence-electron chi connectivity index (χ1n) is 8.51. The highest BCUT2D eigenvalue weighted by atomic mass is 16.3. The molecule has 0 bridgehead atoms. The van der Waals surface area contributed by atoms with Gasteiger partial charge < -0.3 is 15.3 Å². The first-order chi connectivity index (χ1) is 11.9. The molecule has 25 heavy (non-hydrogen) atoms. The lowest BCUT2D eigenvalue weighted by atomic mass is 9.97. The quantitative estimate of drug-likeness (QED) is 0.886. The first-order valence-corrected chi connectivity index (χ1v) is 8.51. The second-order valence-corrected chi connectivity index (χ2v) is 6.54. The third-order valence-corrected chi connectivity index (χ3v) is 4.84. The number of nitrogens with one attached hydrogen (secondary N) is 1. The van der Waals surface area contributed by atoms with Gasteiger partial charge in [0.1, 0.15) is 6.04 Å². The molecule has 1 aliphatic heterocycles. The molecule has 0 aliphatic carbocycles. The Morgan fingerprint density at radius 2 is 2.12 bits per heavy atom. The van der Waals surface area contributed by atoms with E-state index in [0.717, 1.165) is 27.7 Å². The summed E-state index contributed by atoms with van der Waals surface area (Å²) in [5.74, 6) is -0.385. The predicted octanol–water partition coefficient (Wildman–Crippen LogP) is 1.48. The predicted molar refractivity (Wildman–Crippen MR) is 95.5 cm³/mol. The molecule has 6 heteroatoms. The van der Waals surface area contributed by atoms with Crippen LogP contribution in [0.4, 0.5) is 0 Å². The Labute approximate surface area is 146 Å². The Bertz CT molecular complexity index is 847. The van der Waals surface area contributed by atoms with Crippen LogP contribution in [0.2, 0.25) is 0 Å². The third kappa shape index (κ3) is 3.09. The summed E-state index contributed by atoms with van der Waals surface area (Å²) in [4.78, 5) is 31.7. The van der Waals surface area contributed by atoms with Crippen molar-refractivity contribution in [2.45, 2.75) is 33.2 Å². The largest absolute Gasteiger partial charge is 0.396 e. The summed E-state index contributed by atoms with van der Waals surface area (Å²) in [6.07, 6.45) is 0.234. The van der Waals surface area contributed by atoms with Crippen molar-refractivity contribution >= 4 is 22.7 Å². The van der Waals surface area contributed by atoms with Crippen molar-refractivity contribution in [1.82, 2.24) is 15.2 Å². The number of carbonyl (C=O) groups is 2. The van der Waals surface area contributed by atoms with Gasteiger partial charge in [0.2, 0.25) is 5.91 Å². The number of aryl methyl sites for hydroxylation is 2. The molecule has 3 rings (SSSR count). The maximum Gasteiger partial charge on any atom is 0.255 e. The molecule has 1 aromatic heterocycles. The van der Waals surface area contributed by atoms with Crippen molar-refractivity contribution in [2.75, 3.05) is 19.7 Å². The molecular formula is C19H23N3O3. The van der Waals surface area contributed by atoms with E-state index >= 15 is 0 Å². The van der Waals surface area contributed by atoms with Gasteiger partial charge in [-0.2, -0.15) is 0 Å². The molecule has 2 aromatic rings. The van der Waals surface area contributed by atoms with Crippen LogP contribution in [0.3, 0.4) is 0 Å². The normalized spacial score (nSPS) is 17.7. The second-order valence-electron chi connectivity index (χ2n) is 6.54. The van der Waals surface area contributed by atoms with Crippen molar-refractivity contribution in [3.05, 3.63) is 40.6 Å². The summed E-state index contributed by atoms with van der Waals surface area (Å²) in [5, 5.41) is 12.9. The Morgan fingerprint density at radius 3 is 2.84 bits per heavy atom. The van der Waals surface area contributed by atoms with E-state index in [1.54, 1.807) is 4.90 Å². The van der Waals surface area contributed by atoms with Crippen LogP contribution in [0.5, 0.6) is 0 Å². The van der Waals surface area contributed by atoms with Crippen LogP contribution in [0.25, 0.3) is 10.9 Å². The van der Waals surface area contributed by atoms with Crippen LogP contribution in [-0.2, 0) is 4.79 Å². The summed E-state index contributed by atoms with van der Waals surface area (Å²) in [5.41, 5.74) is 4.06. The molecule has 2 amide bonds. The minimum atomic E-state index is -0.640. The van der Waals surface area contributed by atoms with Crippen LogP contribution < -0.4 is 5.32 Å². The standard InChI is InChI=1S/C19H23N3O3/c1-11-4-5-15-14(10-11)17(12(2)13(3)21-15)19(25)22-8-7-20-18(24)16(22)6-9-23/h4-5,10,16,23H,6-9H2,1-3H3,(H,20,24). The molecule has 1 saturated heterocycles. The molecule has 6 nitrogen and oxygen atoms in total. The number of piperazine rings is 1. The zero-order chi connectivity index (χ0) is 18.1. The van der Waals surface area contributed by atoms with E-state index in [2.05, 4.69) is 10.3 Å². The first kappa shape index (κ1) is 17.4. The van der Waals surface area contributed by atoms with Gasteiger partial charge in [-0.15, -0.1) is 0 Å². The molecule has 1 aliphatic rings. The summed E-state index contributed by atoms with van der Waals surface area (Å²) < 4.78 is 0. The van der Waals surface area contributed by atoms with Gasteiger partial charge in [0.15, 0.2) is 0 Å². The number of pyridine rings is 1. The monoisotopic (exact) mass is 341 g/mol. The fraction of sp³-hybridized carbons (Fsp3) is 0.421. The highest BCUT2D eigenvalue weighted by Gasteiger charge is 2.34. The zero-order valence-corrected chi connectivity index (χ0v) is 14.8. The number of aliphatic hydroxyl groups excluding tert-OH is 1. The summed E-state index contributed by atoms with van der Waals surface area (Å²) >= 11 is 0. The molecule has 1 atom stereocenters. The van der Waals surface area contributed by atoms with Crippen molar-refractivity contribution < 1.29 is 14.7 Å². The summed E-state index contributed by atoms with van der Waals surface area (Å²) in [7, 11) is 0. The Hall–Kier alpha value is -2.47. The fourth-order valence-corrected chi connectivity index (χ4v) is 3.38. The smallest absolute Gasteiger partial charge is 0.255 e. The molecule has 0 saturated carbocycles. The lowest BCUT2D eigenvalue weighted by molar-refractivity contribution is -0.128. The van der Waals surface area contributed by atoms with E-state index in [1.165, 1.54) is 0 Å². The molecule has 2 heterocycles. The maximum atomic E-state index is 13.4. The average Bonchev–Trinajstić information content (AvgIpc) is 2.58. The summed E-state index contributed by atoms with van der Waals surface area (Å²) in [6.45, 7) is 6.47. The highest BCUT2D eigenvalue weighted by molar-refractivity contribution is 6.09. The number of hydrogen-bond donors (Lipinski definition) is 2. The summed E-state index contributed by atoms with van der Waals surface area (Å²) in [6, 6.07) is 5.22. The third-order valence-electron chi connectivity index (χ3n) is 4.84. The Kier molecular flexibility index (Phi) is 4.72. The van der Waals surface area contributed by atoms with E-state index in [-0.39, 0.29) is 24.8 Å². The van der Waals surface area contributed by atoms with Gasteiger partial charge in [0.05, 0.1) is 11.1 Å². The number of hydrogen-bond acceptors (Lipinski definition) is 4. The Morgan fingerprint density at radius 1 is 1.36 bits per heavy atom. The van der Waals surface area contributed by atoms with Gasteiger partial charge in [0, 0.05) is 30.8 Å². The number of fused-ring (bicyclic) bond motifs is 1. The minimum Gasteiger partial charge on any atom is -0.396 e. The number of benzene rings is 1. The topological polar surface area (TPSA) is 82.5 Å². The number of aliphatic hydroxyl groups is 1. The molecular weight excluding hydrogens is 318 g/mol. The SMILES string of the molecule is Cc1ccc2nc(C)c(C)c(C(=O)N3CCNC(=O)C3CCO)c2c1. The minimum absolute atomic E-state index is 0.143. The van der Waals surface area contributed by atoms with E-state index in [4.69, 9.17) is 0 Å². The van der Waals surface area contributed by atoms with Crippen molar-refractivity contribution in [3.8, 4) is 0 Å². The van der Waals surface area contributed by atoms with E-state index in [9.17, 15) is 14.7 Å². The van der Waals surface area contributed by atoms with Gasteiger partial charge in [-0.1, -0.05) is 11.6 Å². The average molecular weight is 341 g/mol. The van der Waals surface area contributed by atoms with E-state index in [0.29, 0.717) is 18.7 Å². The van der Waals surface area contributed by atoms with Gasteiger partial charge in [-0.3, -0.25) is 14.6 Å². The van der Waals surface area contributed by atoms with Crippen LogP contribution in [0.1, 0.15) is 33.6 Å². The van der Waals surface area contributed by atoms with Crippen LogP contribution >= 0.6 is 0 Å². The van der Waals surface area contributed by atoms with Crippen LogP contribution in [0, 0.1) is 20.8 Å².